The summed E-state index contributed by atoms with van der Waals surface area (Å²) >= 11 is 6.25. The average molecular weight is 371 g/mol. The van der Waals surface area contributed by atoms with Gasteiger partial charge in [-0.25, -0.2) is 9.97 Å². The van der Waals surface area contributed by atoms with Gasteiger partial charge in [0.2, 0.25) is 0 Å². The van der Waals surface area contributed by atoms with E-state index in [0.717, 1.165) is 65.7 Å². The number of nitrogens with two attached hydrogens (primary N) is 1. The highest BCUT2D eigenvalue weighted by molar-refractivity contribution is 6.31. The number of piperidine rings is 1. The lowest BCUT2D eigenvalue weighted by Gasteiger charge is -2.39. The Bertz CT molecular complexity index is 942. The number of fused-ring (bicyclic) bond motifs is 1. The van der Waals surface area contributed by atoms with E-state index < -0.39 is 0 Å². The second kappa shape index (κ2) is 6.52. The molecule has 0 saturated carbocycles. The van der Waals surface area contributed by atoms with Gasteiger partial charge in [0.15, 0.2) is 5.65 Å². The Morgan fingerprint density at radius 3 is 2.81 bits per heavy atom. The highest BCUT2D eigenvalue weighted by Crippen LogP contribution is 2.33. The average Bonchev–Trinajstić information content (AvgIpc) is 3.07. The van der Waals surface area contributed by atoms with Crippen molar-refractivity contribution in [1.29, 1.82) is 0 Å². The third-order valence-corrected chi connectivity index (χ3v) is 5.98. The molecule has 3 heterocycles. The Labute approximate surface area is 157 Å². The van der Waals surface area contributed by atoms with Gasteiger partial charge < -0.3 is 10.6 Å². The van der Waals surface area contributed by atoms with Crippen LogP contribution in [0.4, 0.5) is 5.82 Å². The minimum atomic E-state index is 0.235. The molecule has 0 aliphatic carbocycles. The molecule has 1 aliphatic rings. The maximum Gasteiger partial charge on any atom is 0.177 e. The molecule has 0 unspecified atom stereocenters. The molecule has 0 amide bonds. The molecule has 136 valence electrons. The zero-order valence-electron chi connectivity index (χ0n) is 15.1. The zero-order chi connectivity index (χ0) is 18.3. The maximum atomic E-state index is 6.25. The van der Waals surface area contributed by atoms with E-state index in [-0.39, 0.29) is 5.41 Å². The van der Waals surface area contributed by atoms with E-state index in [4.69, 9.17) is 22.3 Å². The Hall–Kier alpha value is -2.18. The van der Waals surface area contributed by atoms with E-state index in [0.29, 0.717) is 5.65 Å². The number of hydrogen-bond acceptors (Lipinski definition) is 5. The molecule has 0 spiro atoms. The number of nitrogens with one attached hydrogen (secondary N) is 1. The Kier molecular flexibility index (Phi) is 4.32. The first-order valence-corrected chi connectivity index (χ1v) is 9.30. The summed E-state index contributed by atoms with van der Waals surface area (Å²) in [6.45, 7) is 6.87. The second-order valence-corrected chi connectivity index (χ2v) is 7.82. The molecule has 3 N–H and O–H groups in total. The monoisotopic (exact) mass is 370 g/mol. The van der Waals surface area contributed by atoms with E-state index in [1.165, 1.54) is 0 Å². The molecular weight excluding hydrogens is 348 g/mol. The SMILES string of the molecule is Cc1c(Cl)cccc1-c1n[nH]c2nc(N3CCC(C)(CN)CC3)cnc12. The lowest BCUT2D eigenvalue weighted by molar-refractivity contribution is 0.258. The van der Waals surface area contributed by atoms with Gasteiger partial charge in [0.05, 0.1) is 6.20 Å². The number of aromatic nitrogens is 4. The summed E-state index contributed by atoms with van der Waals surface area (Å²) in [5.41, 5.74) is 10.4. The molecule has 0 atom stereocenters. The zero-order valence-corrected chi connectivity index (χ0v) is 15.8. The number of halogens is 1. The van der Waals surface area contributed by atoms with Gasteiger partial charge in [-0.05, 0) is 43.4 Å². The molecule has 6 nitrogen and oxygen atoms in total. The smallest absolute Gasteiger partial charge is 0.177 e. The minimum Gasteiger partial charge on any atom is -0.355 e. The summed E-state index contributed by atoms with van der Waals surface area (Å²) in [6, 6.07) is 5.81. The first-order valence-electron chi connectivity index (χ1n) is 8.92. The molecule has 1 fully saturated rings. The second-order valence-electron chi connectivity index (χ2n) is 7.41. The van der Waals surface area contributed by atoms with Crippen LogP contribution in [0, 0.1) is 12.3 Å². The summed E-state index contributed by atoms with van der Waals surface area (Å²) in [7, 11) is 0. The highest BCUT2D eigenvalue weighted by atomic mass is 35.5. The van der Waals surface area contributed by atoms with Crippen molar-refractivity contribution >= 4 is 28.6 Å². The van der Waals surface area contributed by atoms with Gasteiger partial charge in [0.1, 0.15) is 17.0 Å². The molecule has 7 heteroatoms. The predicted octanol–water partition coefficient (Wildman–Crippen LogP) is 3.55. The third-order valence-electron chi connectivity index (χ3n) is 5.57. The summed E-state index contributed by atoms with van der Waals surface area (Å²) in [6.07, 6.45) is 3.98. The summed E-state index contributed by atoms with van der Waals surface area (Å²) in [5.74, 6) is 0.884. The van der Waals surface area contributed by atoms with Crippen LogP contribution in [0.1, 0.15) is 25.3 Å². The van der Waals surface area contributed by atoms with Crippen LogP contribution >= 0.6 is 11.6 Å². The first kappa shape index (κ1) is 17.2. The lowest BCUT2D eigenvalue weighted by Crippen LogP contribution is -2.42. The van der Waals surface area contributed by atoms with E-state index >= 15 is 0 Å². The van der Waals surface area contributed by atoms with Gasteiger partial charge in [-0.15, -0.1) is 0 Å². The molecule has 2 aromatic heterocycles. The van der Waals surface area contributed by atoms with Gasteiger partial charge in [-0.2, -0.15) is 5.10 Å². The minimum absolute atomic E-state index is 0.235. The Balaban J connectivity index is 1.65. The normalized spacial score (nSPS) is 17.0. The van der Waals surface area contributed by atoms with Crippen molar-refractivity contribution in [2.75, 3.05) is 24.5 Å². The number of H-pyrrole nitrogens is 1. The largest absolute Gasteiger partial charge is 0.355 e. The number of anilines is 1. The van der Waals surface area contributed by atoms with Crippen molar-refractivity contribution in [3.8, 4) is 11.3 Å². The number of aromatic amines is 1. The fourth-order valence-electron chi connectivity index (χ4n) is 3.48. The number of hydrogen-bond donors (Lipinski definition) is 2. The Morgan fingerprint density at radius 1 is 1.31 bits per heavy atom. The van der Waals surface area contributed by atoms with Crippen LogP contribution in [0.2, 0.25) is 5.02 Å². The van der Waals surface area contributed by atoms with Crippen LogP contribution in [-0.2, 0) is 0 Å². The van der Waals surface area contributed by atoms with Gasteiger partial charge in [0.25, 0.3) is 0 Å². The van der Waals surface area contributed by atoms with Crippen LogP contribution in [0.25, 0.3) is 22.4 Å². The predicted molar refractivity (Wildman–Crippen MR) is 105 cm³/mol. The fraction of sp³-hybridized carbons (Fsp3) is 0.421. The van der Waals surface area contributed by atoms with E-state index in [9.17, 15) is 0 Å². The number of benzene rings is 1. The van der Waals surface area contributed by atoms with E-state index in [1.807, 2.05) is 31.3 Å². The maximum absolute atomic E-state index is 6.25. The van der Waals surface area contributed by atoms with Gasteiger partial charge in [0, 0.05) is 23.7 Å². The summed E-state index contributed by atoms with van der Waals surface area (Å²) in [4.78, 5) is 11.7. The topological polar surface area (TPSA) is 83.7 Å². The van der Waals surface area contributed by atoms with Crippen molar-refractivity contribution in [3.05, 3.63) is 35.0 Å². The third kappa shape index (κ3) is 2.93. The van der Waals surface area contributed by atoms with Crippen molar-refractivity contribution in [3.63, 3.8) is 0 Å². The first-order chi connectivity index (χ1) is 12.5. The van der Waals surface area contributed by atoms with E-state index in [1.54, 1.807) is 0 Å². The van der Waals surface area contributed by atoms with Gasteiger partial charge in [-0.3, -0.25) is 5.10 Å². The summed E-state index contributed by atoms with van der Waals surface area (Å²) < 4.78 is 0. The van der Waals surface area contributed by atoms with Gasteiger partial charge >= 0.3 is 0 Å². The number of nitrogens with zero attached hydrogens (tertiary/aromatic N) is 4. The lowest BCUT2D eigenvalue weighted by atomic mass is 9.80. The molecule has 1 aromatic carbocycles. The summed E-state index contributed by atoms with van der Waals surface area (Å²) in [5, 5.41) is 8.20. The van der Waals surface area contributed by atoms with Crippen LogP contribution in [0.15, 0.2) is 24.4 Å². The molecule has 1 aliphatic heterocycles. The van der Waals surface area contributed by atoms with Crippen LogP contribution in [0.3, 0.4) is 0 Å². The molecule has 3 aromatic rings. The Morgan fingerprint density at radius 2 is 2.08 bits per heavy atom. The number of rotatable bonds is 3. The highest BCUT2D eigenvalue weighted by Gasteiger charge is 2.29. The van der Waals surface area contributed by atoms with Crippen molar-refractivity contribution in [2.45, 2.75) is 26.7 Å². The molecule has 0 bridgehead atoms. The van der Waals surface area contributed by atoms with Gasteiger partial charge in [-0.1, -0.05) is 30.7 Å². The molecule has 0 radical (unpaired) electrons. The quantitative estimate of drug-likeness (QED) is 0.736. The van der Waals surface area contributed by atoms with Crippen LogP contribution < -0.4 is 10.6 Å². The molecule has 26 heavy (non-hydrogen) atoms. The molecule has 4 rings (SSSR count). The van der Waals surface area contributed by atoms with Crippen molar-refractivity contribution in [1.82, 2.24) is 20.2 Å². The standard InChI is InChI=1S/C19H23ClN6/c1-12-13(4-3-5-14(12)20)16-17-18(25-24-16)23-15(10-22-17)26-8-6-19(2,11-21)7-9-26/h3-5,10H,6-9,11,21H2,1-2H3,(H,23,24,25). The van der Waals surface area contributed by atoms with Crippen LogP contribution in [-0.4, -0.2) is 39.8 Å². The van der Waals surface area contributed by atoms with Crippen LogP contribution in [0.5, 0.6) is 0 Å². The van der Waals surface area contributed by atoms with Crippen molar-refractivity contribution < 1.29 is 0 Å². The fourth-order valence-corrected chi connectivity index (χ4v) is 3.65. The molecule has 1 saturated heterocycles. The van der Waals surface area contributed by atoms with Crippen molar-refractivity contribution in [2.24, 2.45) is 11.1 Å². The van der Waals surface area contributed by atoms with E-state index in [2.05, 4.69) is 27.0 Å². The molecular formula is C19H23ClN6.